The Morgan fingerprint density at radius 1 is 1.15 bits per heavy atom. The largest absolute Gasteiger partial charge is 0.458 e. The van der Waals surface area contributed by atoms with Crippen molar-refractivity contribution >= 4 is 20.4 Å². The number of amides is 1. The van der Waals surface area contributed by atoms with Gasteiger partial charge in [0.05, 0.1) is 12.1 Å². The Bertz CT molecular complexity index is 846. The maximum absolute atomic E-state index is 13.2. The maximum Gasteiger partial charge on any atom is 0.410 e. The van der Waals surface area contributed by atoms with Gasteiger partial charge >= 0.3 is 12.1 Å². The quantitative estimate of drug-likeness (QED) is 0.234. The molecule has 34 heavy (non-hydrogen) atoms. The molecule has 3 atom stereocenters. The van der Waals surface area contributed by atoms with Gasteiger partial charge in [0.2, 0.25) is 0 Å². The van der Waals surface area contributed by atoms with Crippen LogP contribution in [0.15, 0.2) is 55.1 Å². The highest BCUT2D eigenvalue weighted by Crippen LogP contribution is 2.39. The van der Waals surface area contributed by atoms with Crippen molar-refractivity contribution in [1.29, 1.82) is 0 Å². The minimum absolute atomic E-state index is 0.0380. The van der Waals surface area contributed by atoms with Gasteiger partial charge in [-0.05, 0) is 42.6 Å². The average molecular weight is 488 g/mol. The average Bonchev–Trinajstić information content (AvgIpc) is 2.93. The molecule has 1 aromatic carbocycles. The molecular formula is C27H41NO5Si. The van der Waals surface area contributed by atoms with Crippen LogP contribution in [-0.2, 0) is 25.3 Å². The number of benzene rings is 1. The molecule has 0 N–H and O–H groups in total. The van der Waals surface area contributed by atoms with Crippen LogP contribution in [0.1, 0.15) is 52.5 Å². The number of rotatable bonds is 9. The molecule has 1 aromatic rings. The molecule has 1 aliphatic rings. The first-order chi connectivity index (χ1) is 15.9. The Morgan fingerprint density at radius 3 is 2.41 bits per heavy atom. The summed E-state index contributed by atoms with van der Waals surface area (Å²) in [5, 5.41) is 0.0380. The van der Waals surface area contributed by atoms with E-state index in [4.69, 9.17) is 13.9 Å². The van der Waals surface area contributed by atoms with E-state index >= 15 is 0 Å². The third-order valence-electron chi connectivity index (χ3n) is 6.55. The molecule has 1 amide bonds. The first-order valence-corrected chi connectivity index (χ1v) is 15.0. The van der Waals surface area contributed by atoms with Crippen LogP contribution in [0.5, 0.6) is 0 Å². The minimum Gasteiger partial charge on any atom is -0.458 e. The van der Waals surface area contributed by atoms with Crippen LogP contribution in [0.4, 0.5) is 4.79 Å². The molecule has 0 radical (unpaired) electrons. The summed E-state index contributed by atoms with van der Waals surface area (Å²) in [5.41, 5.74) is 0.935. The zero-order valence-electron chi connectivity index (χ0n) is 21.6. The summed E-state index contributed by atoms with van der Waals surface area (Å²) in [4.78, 5) is 26.6. The zero-order valence-corrected chi connectivity index (χ0v) is 22.6. The lowest BCUT2D eigenvalue weighted by atomic mass is 10.1. The topological polar surface area (TPSA) is 65.1 Å². The Balaban J connectivity index is 2.25. The van der Waals surface area contributed by atoms with Gasteiger partial charge in [-0.2, -0.15) is 0 Å². The molecular weight excluding hydrogens is 446 g/mol. The standard InChI is InChI=1S/C27H41NO5Si/c1-8-9-17-28(26(30)31-20-22-13-11-10-12-14-22)23-15-16-24(32-21(2)29)19-25(18-23)33-34(6,7)27(3,4)5/h8,10-16,23-25H,1,9,17-20H2,2-7H3/t23-,24-,25+/m1/s1. The second-order valence-corrected chi connectivity index (χ2v) is 15.1. The number of ether oxygens (including phenoxy) is 2. The number of hydrogen-bond donors (Lipinski definition) is 0. The molecule has 0 aliphatic heterocycles. The Morgan fingerprint density at radius 2 is 1.82 bits per heavy atom. The second kappa shape index (κ2) is 12.4. The van der Waals surface area contributed by atoms with E-state index < -0.39 is 8.32 Å². The molecule has 6 nitrogen and oxygen atoms in total. The predicted octanol–water partition coefficient (Wildman–Crippen LogP) is 6.24. The first kappa shape index (κ1) is 27.9. The van der Waals surface area contributed by atoms with Gasteiger partial charge in [0.25, 0.3) is 0 Å². The van der Waals surface area contributed by atoms with Gasteiger partial charge in [0.1, 0.15) is 12.7 Å². The predicted molar refractivity (Wildman–Crippen MR) is 138 cm³/mol. The lowest BCUT2D eigenvalue weighted by Crippen LogP contribution is -2.47. The summed E-state index contributed by atoms with van der Waals surface area (Å²) in [5.74, 6) is -0.329. The normalized spacial score (nSPS) is 20.8. The SMILES string of the molecule is C=CCCN(C(=O)OCc1ccccc1)[C@@H]1C=C[C@@H](OC(C)=O)C[C@@H](O[Si](C)(C)C(C)(C)C)C1. The summed E-state index contributed by atoms with van der Waals surface area (Å²) < 4.78 is 17.9. The van der Waals surface area contributed by atoms with Crippen LogP contribution in [0.3, 0.4) is 0 Å². The fourth-order valence-corrected chi connectivity index (χ4v) is 5.06. The van der Waals surface area contributed by atoms with Crippen molar-refractivity contribution in [2.75, 3.05) is 6.54 Å². The number of carbonyl (C=O) groups excluding carboxylic acids is 2. The molecule has 0 heterocycles. The van der Waals surface area contributed by atoms with E-state index in [1.807, 2.05) is 42.5 Å². The molecule has 0 saturated heterocycles. The van der Waals surface area contributed by atoms with Crippen LogP contribution in [-0.4, -0.2) is 50.1 Å². The fraction of sp³-hybridized carbons (Fsp3) is 0.556. The molecule has 188 valence electrons. The first-order valence-electron chi connectivity index (χ1n) is 12.0. The van der Waals surface area contributed by atoms with Crippen LogP contribution < -0.4 is 0 Å². The van der Waals surface area contributed by atoms with Gasteiger partial charge in [-0.3, -0.25) is 4.79 Å². The molecule has 0 fully saturated rings. The van der Waals surface area contributed by atoms with Crippen molar-refractivity contribution in [3.05, 3.63) is 60.7 Å². The highest BCUT2D eigenvalue weighted by atomic mass is 28.4. The third kappa shape index (κ3) is 8.44. The van der Waals surface area contributed by atoms with E-state index in [-0.39, 0.29) is 42.0 Å². The van der Waals surface area contributed by atoms with Crippen LogP contribution in [0.25, 0.3) is 0 Å². The molecule has 0 aromatic heterocycles. The van der Waals surface area contributed by atoms with Crippen LogP contribution >= 0.6 is 0 Å². The summed E-state index contributed by atoms with van der Waals surface area (Å²) >= 11 is 0. The summed E-state index contributed by atoms with van der Waals surface area (Å²) in [6.07, 6.45) is 6.53. The molecule has 1 aliphatic carbocycles. The van der Waals surface area contributed by atoms with Gasteiger partial charge in [0.15, 0.2) is 8.32 Å². The monoisotopic (exact) mass is 487 g/mol. The number of esters is 1. The van der Waals surface area contributed by atoms with Crippen molar-refractivity contribution in [3.8, 4) is 0 Å². The van der Waals surface area contributed by atoms with Crippen LogP contribution in [0, 0.1) is 0 Å². The Hall–Kier alpha value is -2.38. The summed E-state index contributed by atoms with van der Waals surface area (Å²) in [6.45, 7) is 16.9. The van der Waals surface area contributed by atoms with E-state index in [1.165, 1.54) is 6.92 Å². The van der Waals surface area contributed by atoms with Gasteiger partial charge in [-0.1, -0.05) is 63.3 Å². The molecule has 0 spiro atoms. The molecule has 7 heteroatoms. The van der Waals surface area contributed by atoms with Crippen molar-refractivity contribution in [1.82, 2.24) is 4.90 Å². The van der Waals surface area contributed by atoms with Gasteiger partial charge < -0.3 is 18.8 Å². The van der Waals surface area contributed by atoms with E-state index in [9.17, 15) is 9.59 Å². The number of hydrogen-bond acceptors (Lipinski definition) is 5. The molecule has 0 bridgehead atoms. The highest BCUT2D eigenvalue weighted by molar-refractivity contribution is 6.74. The van der Waals surface area contributed by atoms with Crippen LogP contribution in [0.2, 0.25) is 18.1 Å². The Kier molecular flexibility index (Phi) is 10.1. The van der Waals surface area contributed by atoms with Crippen molar-refractivity contribution < 1.29 is 23.5 Å². The van der Waals surface area contributed by atoms with Gasteiger partial charge in [-0.25, -0.2) is 4.79 Å². The number of carbonyl (C=O) groups is 2. The van der Waals surface area contributed by atoms with E-state index in [0.29, 0.717) is 25.8 Å². The second-order valence-electron chi connectivity index (χ2n) is 10.4. The third-order valence-corrected chi connectivity index (χ3v) is 11.1. The van der Waals surface area contributed by atoms with E-state index in [1.54, 1.807) is 11.0 Å². The smallest absolute Gasteiger partial charge is 0.410 e. The van der Waals surface area contributed by atoms with Crippen molar-refractivity contribution in [2.24, 2.45) is 0 Å². The van der Waals surface area contributed by atoms with E-state index in [0.717, 1.165) is 5.56 Å². The lowest BCUT2D eigenvalue weighted by molar-refractivity contribution is -0.145. The zero-order chi connectivity index (χ0) is 25.4. The summed E-state index contributed by atoms with van der Waals surface area (Å²) in [6, 6.07) is 9.40. The Labute approximate surface area is 206 Å². The molecule has 0 saturated carbocycles. The lowest BCUT2D eigenvalue weighted by Gasteiger charge is -2.40. The maximum atomic E-state index is 13.2. The van der Waals surface area contributed by atoms with E-state index in [2.05, 4.69) is 40.4 Å². The summed E-state index contributed by atoms with van der Waals surface area (Å²) in [7, 11) is -2.08. The number of nitrogens with zero attached hydrogens (tertiary/aromatic N) is 1. The highest BCUT2D eigenvalue weighted by Gasteiger charge is 2.41. The van der Waals surface area contributed by atoms with Gasteiger partial charge in [-0.15, -0.1) is 6.58 Å². The van der Waals surface area contributed by atoms with Crippen molar-refractivity contribution in [2.45, 2.75) is 89.9 Å². The van der Waals surface area contributed by atoms with Crippen molar-refractivity contribution in [3.63, 3.8) is 0 Å². The fourth-order valence-electron chi connectivity index (χ4n) is 3.68. The van der Waals surface area contributed by atoms with Gasteiger partial charge in [0, 0.05) is 19.9 Å². The molecule has 0 unspecified atom stereocenters. The molecule has 2 rings (SSSR count). The minimum atomic E-state index is -2.08.